The predicted molar refractivity (Wildman–Crippen MR) is 140 cm³/mol. The molecule has 9 rings (SSSR count). The molecule has 4 heterocycles. The van der Waals surface area contributed by atoms with E-state index in [-0.39, 0.29) is 0 Å². The topological polar surface area (TPSA) is 43.1 Å². The van der Waals surface area contributed by atoms with Crippen molar-refractivity contribution >= 4 is 38.6 Å². The molecule has 4 nitrogen and oxygen atoms in total. The molecule has 0 amide bonds. The lowest BCUT2D eigenvalue weighted by molar-refractivity contribution is 1.16. The van der Waals surface area contributed by atoms with E-state index in [9.17, 15) is 0 Å². The molecule has 4 heteroatoms. The molecule has 0 saturated heterocycles. The Morgan fingerprint density at radius 1 is 0.571 bits per heavy atom. The van der Waals surface area contributed by atoms with E-state index >= 15 is 0 Å². The number of pyridine rings is 3. The van der Waals surface area contributed by atoms with Crippen molar-refractivity contribution in [1.82, 2.24) is 19.4 Å². The first-order valence-corrected chi connectivity index (χ1v) is 12.1. The molecule has 4 aromatic heterocycles. The second-order valence-electron chi connectivity index (χ2n) is 9.62. The third kappa shape index (κ3) is 2.07. The number of benzene rings is 3. The maximum absolute atomic E-state index is 5.37. The number of imidazole rings is 1. The Labute approximate surface area is 200 Å². The van der Waals surface area contributed by atoms with Crippen LogP contribution in [0.4, 0.5) is 0 Å². The maximum atomic E-state index is 5.37. The monoisotopic (exact) mass is 446 g/mol. The van der Waals surface area contributed by atoms with Crippen LogP contribution in [0.5, 0.6) is 0 Å². The zero-order valence-electron chi connectivity index (χ0n) is 18.8. The Hall–Kier alpha value is -4.57. The van der Waals surface area contributed by atoms with Gasteiger partial charge < -0.3 is 0 Å². The number of nitrogens with zero attached hydrogens (tertiary/aromatic N) is 4. The molecule has 3 aromatic carbocycles. The molecule has 0 unspecified atom stereocenters. The van der Waals surface area contributed by atoms with Crippen LogP contribution in [0.1, 0.15) is 22.3 Å². The smallest absolute Gasteiger partial charge is 0.166 e. The van der Waals surface area contributed by atoms with Gasteiger partial charge in [0.15, 0.2) is 5.65 Å². The normalized spacial score (nSPS) is 13.5. The highest BCUT2D eigenvalue weighted by atomic mass is 15.1. The summed E-state index contributed by atoms with van der Waals surface area (Å²) in [7, 11) is 0. The Morgan fingerprint density at radius 3 is 2.03 bits per heavy atom. The second kappa shape index (κ2) is 6.10. The summed E-state index contributed by atoms with van der Waals surface area (Å²) in [4.78, 5) is 15.1. The van der Waals surface area contributed by atoms with Gasteiger partial charge in [-0.25, -0.2) is 9.97 Å². The van der Waals surface area contributed by atoms with Crippen LogP contribution < -0.4 is 0 Å². The van der Waals surface area contributed by atoms with E-state index in [1.165, 1.54) is 44.5 Å². The first kappa shape index (κ1) is 17.8. The fourth-order valence-electron chi connectivity index (χ4n) is 6.55. The number of hydrogen-bond donors (Lipinski definition) is 0. The van der Waals surface area contributed by atoms with Gasteiger partial charge in [-0.3, -0.25) is 9.38 Å². The molecular weight excluding hydrogens is 428 g/mol. The summed E-state index contributed by atoms with van der Waals surface area (Å²) in [6.07, 6.45) is 5.67. The maximum Gasteiger partial charge on any atom is 0.166 e. The molecule has 7 aromatic rings. The largest absolute Gasteiger partial charge is 0.274 e. The number of fused-ring (bicyclic) bond motifs is 17. The van der Waals surface area contributed by atoms with Crippen LogP contribution in [0.25, 0.3) is 60.9 Å². The molecule has 0 bridgehead atoms. The molecule has 0 spiro atoms. The van der Waals surface area contributed by atoms with Crippen molar-refractivity contribution in [3.8, 4) is 22.3 Å². The minimum atomic E-state index is 0.881. The average molecular weight is 447 g/mol. The minimum Gasteiger partial charge on any atom is -0.274 e. The summed E-state index contributed by atoms with van der Waals surface area (Å²) in [6, 6.07) is 25.9. The molecule has 0 saturated carbocycles. The van der Waals surface area contributed by atoms with Crippen molar-refractivity contribution < 1.29 is 0 Å². The molecule has 0 fully saturated rings. The van der Waals surface area contributed by atoms with Crippen molar-refractivity contribution in [3.05, 3.63) is 107 Å². The van der Waals surface area contributed by atoms with Gasteiger partial charge in [0.25, 0.3) is 0 Å². The molecule has 0 atom stereocenters. The Morgan fingerprint density at radius 2 is 1.23 bits per heavy atom. The molecule has 162 valence electrons. The zero-order chi connectivity index (χ0) is 22.7. The highest BCUT2D eigenvalue weighted by Crippen LogP contribution is 2.52. The van der Waals surface area contributed by atoms with E-state index in [1.807, 2.05) is 24.5 Å². The number of rotatable bonds is 0. The Bertz CT molecular complexity index is 2070. The van der Waals surface area contributed by atoms with Crippen LogP contribution >= 0.6 is 0 Å². The number of hydrogen-bond acceptors (Lipinski definition) is 3. The van der Waals surface area contributed by atoms with E-state index in [2.05, 4.69) is 65.1 Å². The van der Waals surface area contributed by atoms with Gasteiger partial charge in [0.05, 0.1) is 11.0 Å². The van der Waals surface area contributed by atoms with Gasteiger partial charge in [0, 0.05) is 34.3 Å². The predicted octanol–water partition coefficient (Wildman–Crippen LogP) is 6.73. The van der Waals surface area contributed by atoms with E-state index < -0.39 is 0 Å². The standard InChI is InChI=1S/C31H18N4/c1-3-9-19-17(7-1)15-23-24-16-18-8-2-4-10-20(18)26(24)29-28(25(19)23)34-31-27-21(11-5-13-32-27)22-12-6-14-33-30(22)35(29)31/h1-14H,15-16H2. The summed E-state index contributed by atoms with van der Waals surface area (Å²) in [6.45, 7) is 0. The summed E-state index contributed by atoms with van der Waals surface area (Å²) in [5.74, 6) is 0. The van der Waals surface area contributed by atoms with Gasteiger partial charge in [-0.15, -0.1) is 0 Å². The van der Waals surface area contributed by atoms with Crippen LogP contribution in [-0.4, -0.2) is 19.4 Å². The lowest BCUT2D eigenvalue weighted by Gasteiger charge is -2.13. The average Bonchev–Trinajstić information content (AvgIpc) is 3.60. The summed E-state index contributed by atoms with van der Waals surface area (Å²) >= 11 is 0. The van der Waals surface area contributed by atoms with E-state index in [4.69, 9.17) is 15.0 Å². The molecule has 35 heavy (non-hydrogen) atoms. The summed E-state index contributed by atoms with van der Waals surface area (Å²) in [5, 5.41) is 2.19. The lowest BCUT2D eigenvalue weighted by Crippen LogP contribution is -1.97. The molecule has 2 aliphatic carbocycles. The van der Waals surface area contributed by atoms with Crippen molar-refractivity contribution in [3.63, 3.8) is 0 Å². The van der Waals surface area contributed by atoms with Gasteiger partial charge >= 0.3 is 0 Å². The number of aromatic nitrogens is 4. The minimum absolute atomic E-state index is 0.881. The second-order valence-corrected chi connectivity index (χ2v) is 9.62. The third-order valence-corrected chi connectivity index (χ3v) is 7.93. The van der Waals surface area contributed by atoms with Crippen molar-refractivity contribution in [2.75, 3.05) is 0 Å². The lowest BCUT2D eigenvalue weighted by atomic mass is 9.94. The molecule has 0 radical (unpaired) electrons. The van der Waals surface area contributed by atoms with E-state index in [0.717, 1.165) is 51.5 Å². The molecule has 0 aliphatic heterocycles. The van der Waals surface area contributed by atoms with Gasteiger partial charge in [0.1, 0.15) is 11.2 Å². The van der Waals surface area contributed by atoms with E-state index in [0.29, 0.717) is 0 Å². The van der Waals surface area contributed by atoms with Crippen LogP contribution in [-0.2, 0) is 12.8 Å². The van der Waals surface area contributed by atoms with Gasteiger partial charge in [-0.2, -0.15) is 0 Å². The van der Waals surface area contributed by atoms with Crippen molar-refractivity contribution in [2.24, 2.45) is 0 Å². The van der Waals surface area contributed by atoms with Crippen LogP contribution in [0.15, 0.2) is 85.2 Å². The van der Waals surface area contributed by atoms with Crippen LogP contribution in [0.2, 0.25) is 0 Å². The highest BCUT2D eigenvalue weighted by molar-refractivity contribution is 6.16. The van der Waals surface area contributed by atoms with Crippen LogP contribution in [0.3, 0.4) is 0 Å². The molecular formula is C31H18N4. The van der Waals surface area contributed by atoms with Gasteiger partial charge in [-0.05, 0) is 64.4 Å². The fourth-order valence-corrected chi connectivity index (χ4v) is 6.55. The fraction of sp³-hybridized carbons (Fsp3) is 0.0645. The Kier molecular flexibility index (Phi) is 3.11. The molecule has 0 N–H and O–H groups in total. The SMILES string of the molecule is c1ccc2c(c1)Cc1c3c(c4c(nc5c6ncccc6c6cccnc6n54)c1-2)-c1ccccc1C3. The first-order chi connectivity index (χ1) is 17.4. The Balaban J connectivity index is 1.62. The summed E-state index contributed by atoms with van der Waals surface area (Å²) in [5.41, 5.74) is 15.8. The quantitative estimate of drug-likeness (QED) is 0.243. The third-order valence-electron chi connectivity index (χ3n) is 7.93. The zero-order valence-corrected chi connectivity index (χ0v) is 18.8. The molecule has 2 aliphatic rings. The first-order valence-electron chi connectivity index (χ1n) is 12.1. The van der Waals surface area contributed by atoms with Crippen molar-refractivity contribution in [2.45, 2.75) is 12.8 Å². The highest BCUT2D eigenvalue weighted by Gasteiger charge is 2.34. The van der Waals surface area contributed by atoms with Gasteiger partial charge in [-0.1, -0.05) is 54.6 Å². The van der Waals surface area contributed by atoms with Crippen LogP contribution in [0, 0.1) is 0 Å². The summed E-state index contributed by atoms with van der Waals surface area (Å²) < 4.78 is 2.28. The van der Waals surface area contributed by atoms with E-state index in [1.54, 1.807) is 0 Å². The van der Waals surface area contributed by atoms with Gasteiger partial charge in [0.2, 0.25) is 0 Å². The van der Waals surface area contributed by atoms with Crippen molar-refractivity contribution in [1.29, 1.82) is 0 Å².